The molecule has 0 saturated heterocycles. The molecule has 0 N–H and O–H groups in total. The molecule has 7 aromatic carbocycles. The minimum atomic E-state index is 0.603. The Kier molecular flexibility index (Phi) is 6.64. The molecule has 0 aliphatic carbocycles. The van der Waals surface area contributed by atoms with Gasteiger partial charge in [0.2, 0.25) is 0 Å². The van der Waals surface area contributed by atoms with Gasteiger partial charge in [0.1, 0.15) is 11.2 Å². The maximum atomic E-state index is 6.25. The molecule has 0 aliphatic rings. The third-order valence-corrected chi connectivity index (χ3v) is 10.5. The average molecular weight is 658 g/mol. The lowest BCUT2D eigenvalue weighted by Gasteiger charge is -2.10. The van der Waals surface area contributed by atoms with Crippen molar-refractivity contribution in [1.82, 2.24) is 15.0 Å². The van der Waals surface area contributed by atoms with Gasteiger partial charge in [0.25, 0.3) is 0 Å². The monoisotopic (exact) mass is 657 g/mol. The molecule has 0 aliphatic heterocycles. The second-order valence-electron chi connectivity index (χ2n) is 12.4. The number of furan rings is 1. The molecule has 234 valence electrons. The van der Waals surface area contributed by atoms with E-state index in [4.69, 9.17) is 19.4 Å². The van der Waals surface area contributed by atoms with Gasteiger partial charge in [-0.1, -0.05) is 121 Å². The van der Waals surface area contributed by atoms with Gasteiger partial charge >= 0.3 is 0 Å². The first-order valence-electron chi connectivity index (χ1n) is 16.6. The van der Waals surface area contributed by atoms with Gasteiger partial charge in [-0.25, -0.2) is 15.0 Å². The third kappa shape index (κ3) is 4.87. The van der Waals surface area contributed by atoms with Crippen molar-refractivity contribution in [3.8, 4) is 56.4 Å². The fourth-order valence-corrected chi connectivity index (χ4v) is 8.02. The average Bonchev–Trinajstić information content (AvgIpc) is 3.76. The van der Waals surface area contributed by atoms with Crippen molar-refractivity contribution in [1.29, 1.82) is 0 Å². The summed E-state index contributed by atoms with van der Waals surface area (Å²) in [5, 5.41) is 4.51. The molecule has 50 heavy (non-hydrogen) atoms. The Hall–Kier alpha value is -6.43. The molecule has 0 unspecified atom stereocenters. The molecule has 4 nitrogen and oxygen atoms in total. The molecule has 0 saturated carbocycles. The first-order valence-corrected chi connectivity index (χ1v) is 17.4. The van der Waals surface area contributed by atoms with Gasteiger partial charge in [-0.05, 0) is 64.7 Å². The predicted molar refractivity (Wildman–Crippen MR) is 207 cm³/mol. The molecule has 10 rings (SSSR count). The van der Waals surface area contributed by atoms with Crippen LogP contribution < -0.4 is 0 Å². The van der Waals surface area contributed by atoms with E-state index < -0.39 is 0 Å². The summed E-state index contributed by atoms with van der Waals surface area (Å²) in [5.41, 5.74) is 9.22. The maximum Gasteiger partial charge on any atom is 0.164 e. The summed E-state index contributed by atoms with van der Waals surface area (Å²) in [6, 6.07) is 57.0. The molecule has 3 aromatic heterocycles. The molecule has 3 heterocycles. The van der Waals surface area contributed by atoms with E-state index in [1.54, 1.807) is 11.3 Å². The number of aromatic nitrogens is 3. The first kappa shape index (κ1) is 28.6. The van der Waals surface area contributed by atoms with Gasteiger partial charge in [-0.2, -0.15) is 0 Å². The molecule has 10 aromatic rings. The molecule has 0 amide bonds. The predicted octanol–water partition coefficient (Wildman–Crippen LogP) is 12.5. The summed E-state index contributed by atoms with van der Waals surface area (Å²) >= 11 is 1.80. The third-order valence-electron chi connectivity index (χ3n) is 9.34. The fraction of sp³-hybridized carbons (Fsp3) is 0. The number of rotatable bonds is 5. The molecular formula is C45H27N3OS. The van der Waals surface area contributed by atoms with Gasteiger partial charge in [-0.15, -0.1) is 11.3 Å². The van der Waals surface area contributed by atoms with Crippen LogP contribution in [0.5, 0.6) is 0 Å². The van der Waals surface area contributed by atoms with Crippen LogP contribution in [-0.4, -0.2) is 15.0 Å². The van der Waals surface area contributed by atoms with E-state index in [2.05, 4.69) is 109 Å². The number of thiophene rings is 1. The number of hydrogen-bond donors (Lipinski definition) is 0. The highest BCUT2D eigenvalue weighted by Crippen LogP contribution is 2.42. The minimum Gasteiger partial charge on any atom is -0.456 e. The van der Waals surface area contributed by atoms with Crippen LogP contribution in [0.1, 0.15) is 0 Å². The second-order valence-corrected chi connectivity index (χ2v) is 13.5. The number of para-hydroxylation sites is 1. The molecule has 0 atom stereocenters. The van der Waals surface area contributed by atoms with E-state index in [9.17, 15) is 0 Å². The van der Waals surface area contributed by atoms with E-state index in [0.29, 0.717) is 17.5 Å². The Bertz CT molecular complexity index is 2870. The highest BCUT2D eigenvalue weighted by molar-refractivity contribution is 7.26. The molecule has 5 heteroatoms. The fourth-order valence-electron chi connectivity index (χ4n) is 6.91. The topological polar surface area (TPSA) is 51.8 Å². The largest absolute Gasteiger partial charge is 0.456 e. The summed E-state index contributed by atoms with van der Waals surface area (Å²) in [4.78, 5) is 15.3. The van der Waals surface area contributed by atoms with Crippen LogP contribution in [0.15, 0.2) is 168 Å². The van der Waals surface area contributed by atoms with E-state index in [1.807, 2.05) is 54.6 Å². The molecule has 0 spiro atoms. The second kappa shape index (κ2) is 11.6. The Morgan fingerprint density at radius 1 is 0.360 bits per heavy atom. The van der Waals surface area contributed by atoms with Gasteiger partial charge in [0.15, 0.2) is 17.5 Å². The maximum absolute atomic E-state index is 6.25. The SMILES string of the molecule is c1ccc(-c2cccc(-c3ccc4sc5cccc(-c6nc(-c7ccccc7)nc(-c7ccc8c(c7)oc7ccccc78)n6)c5c4c3)c2)cc1. The molecule has 0 radical (unpaired) electrons. The van der Waals surface area contributed by atoms with Crippen LogP contribution >= 0.6 is 11.3 Å². The highest BCUT2D eigenvalue weighted by Gasteiger charge is 2.18. The quantitative estimate of drug-likeness (QED) is 0.185. The van der Waals surface area contributed by atoms with E-state index in [-0.39, 0.29) is 0 Å². The molecule has 0 bridgehead atoms. The van der Waals surface area contributed by atoms with E-state index >= 15 is 0 Å². The van der Waals surface area contributed by atoms with Gasteiger partial charge in [-0.3, -0.25) is 0 Å². The normalized spacial score (nSPS) is 11.6. The van der Waals surface area contributed by atoms with Crippen molar-refractivity contribution in [3.63, 3.8) is 0 Å². The van der Waals surface area contributed by atoms with Crippen molar-refractivity contribution >= 4 is 53.4 Å². The van der Waals surface area contributed by atoms with Crippen molar-refractivity contribution in [2.75, 3.05) is 0 Å². The lowest BCUT2D eigenvalue weighted by molar-refractivity contribution is 0.669. The lowest BCUT2D eigenvalue weighted by Crippen LogP contribution is -2.00. The Balaban J connectivity index is 1.16. The van der Waals surface area contributed by atoms with Crippen molar-refractivity contribution in [2.45, 2.75) is 0 Å². The Labute approximate surface area is 292 Å². The van der Waals surface area contributed by atoms with Gasteiger partial charge in [0.05, 0.1) is 0 Å². The van der Waals surface area contributed by atoms with Crippen molar-refractivity contribution < 1.29 is 4.42 Å². The summed E-state index contributed by atoms with van der Waals surface area (Å²) in [6.45, 7) is 0. The standard InChI is InChI=1S/C45H27N3OS/c1-3-11-28(12-4-1)30-15-9-16-31(25-30)32-22-24-40-37(26-32)42-36(18-10-20-41(42)50-40)45-47-43(29-13-5-2-6-14-29)46-44(48-45)33-21-23-35-34-17-7-8-19-38(34)49-39(35)27-33/h1-27H. The summed E-state index contributed by atoms with van der Waals surface area (Å²) < 4.78 is 8.67. The zero-order chi connectivity index (χ0) is 33.0. The first-order chi connectivity index (χ1) is 24.7. The summed E-state index contributed by atoms with van der Waals surface area (Å²) in [7, 11) is 0. The number of fused-ring (bicyclic) bond motifs is 6. The van der Waals surface area contributed by atoms with Crippen molar-refractivity contribution in [3.05, 3.63) is 164 Å². The minimum absolute atomic E-state index is 0.603. The zero-order valence-electron chi connectivity index (χ0n) is 26.7. The number of hydrogen-bond acceptors (Lipinski definition) is 5. The van der Waals surface area contributed by atoms with E-state index in [1.165, 1.54) is 37.0 Å². The van der Waals surface area contributed by atoms with Crippen LogP contribution in [-0.2, 0) is 0 Å². The van der Waals surface area contributed by atoms with Crippen molar-refractivity contribution in [2.24, 2.45) is 0 Å². The number of nitrogens with zero attached hydrogens (tertiary/aromatic N) is 3. The molecule has 0 fully saturated rings. The summed E-state index contributed by atoms with van der Waals surface area (Å²) in [5.74, 6) is 1.87. The zero-order valence-corrected chi connectivity index (χ0v) is 27.6. The summed E-state index contributed by atoms with van der Waals surface area (Å²) in [6.07, 6.45) is 0. The van der Waals surface area contributed by atoms with Gasteiger partial charge < -0.3 is 4.42 Å². The Morgan fingerprint density at radius 2 is 0.980 bits per heavy atom. The van der Waals surface area contributed by atoms with Crippen LogP contribution in [0.3, 0.4) is 0 Å². The van der Waals surface area contributed by atoms with Crippen LogP contribution in [0, 0.1) is 0 Å². The number of benzene rings is 7. The van der Waals surface area contributed by atoms with Crippen LogP contribution in [0.4, 0.5) is 0 Å². The van der Waals surface area contributed by atoms with Crippen LogP contribution in [0.25, 0.3) is 98.5 Å². The van der Waals surface area contributed by atoms with E-state index in [0.717, 1.165) is 44.0 Å². The Morgan fingerprint density at radius 3 is 1.82 bits per heavy atom. The smallest absolute Gasteiger partial charge is 0.164 e. The molecular weight excluding hydrogens is 631 g/mol. The van der Waals surface area contributed by atoms with Crippen LogP contribution in [0.2, 0.25) is 0 Å². The highest BCUT2D eigenvalue weighted by atomic mass is 32.1. The van der Waals surface area contributed by atoms with Gasteiger partial charge in [0, 0.05) is 47.6 Å². The lowest BCUT2D eigenvalue weighted by atomic mass is 9.97.